The summed E-state index contributed by atoms with van der Waals surface area (Å²) in [5.74, 6) is -0.389. The van der Waals surface area contributed by atoms with Crippen molar-refractivity contribution in [1.29, 1.82) is 0 Å². The van der Waals surface area contributed by atoms with E-state index in [9.17, 15) is 9.59 Å². The zero-order valence-electron chi connectivity index (χ0n) is 16.2. The summed E-state index contributed by atoms with van der Waals surface area (Å²) in [6.45, 7) is 5.55. The number of anilines is 4. The molecular weight excluding hydrogens is 350 g/mol. The SMILES string of the molecule is CC(=O)Nc1cccc(NC(=O)c2ccccc2Nc2cccc(C)c2C)c1. The van der Waals surface area contributed by atoms with E-state index >= 15 is 0 Å². The normalized spacial score (nSPS) is 10.2. The van der Waals surface area contributed by atoms with Crippen LogP contribution in [0.3, 0.4) is 0 Å². The Morgan fingerprint density at radius 1 is 0.750 bits per heavy atom. The maximum atomic E-state index is 12.9. The standard InChI is InChI=1S/C23H23N3O2/c1-15-8-6-13-21(16(15)2)26-22-12-5-4-11-20(22)23(28)25-19-10-7-9-18(14-19)24-17(3)27/h4-14,26H,1-3H3,(H,24,27)(H,25,28). The predicted octanol–water partition coefficient (Wildman–Crippen LogP) is 5.26. The van der Waals surface area contributed by atoms with Crippen LogP contribution >= 0.6 is 0 Å². The van der Waals surface area contributed by atoms with Gasteiger partial charge in [-0.3, -0.25) is 9.59 Å². The second-order valence-electron chi connectivity index (χ2n) is 6.63. The lowest BCUT2D eigenvalue weighted by Gasteiger charge is -2.15. The maximum absolute atomic E-state index is 12.9. The summed E-state index contributed by atoms with van der Waals surface area (Å²) in [5.41, 5.74) is 5.79. The quantitative estimate of drug-likeness (QED) is 0.571. The number of aryl methyl sites for hydroxylation is 1. The van der Waals surface area contributed by atoms with E-state index in [0.29, 0.717) is 16.9 Å². The first-order valence-electron chi connectivity index (χ1n) is 9.05. The van der Waals surface area contributed by atoms with Gasteiger partial charge in [-0.2, -0.15) is 0 Å². The molecule has 5 nitrogen and oxygen atoms in total. The van der Waals surface area contributed by atoms with Gasteiger partial charge in [-0.25, -0.2) is 0 Å². The monoisotopic (exact) mass is 373 g/mol. The van der Waals surface area contributed by atoms with Crippen LogP contribution in [-0.4, -0.2) is 11.8 Å². The van der Waals surface area contributed by atoms with Crippen LogP contribution in [0.15, 0.2) is 66.7 Å². The molecule has 0 atom stereocenters. The van der Waals surface area contributed by atoms with E-state index in [1.165, 1.54) is 12.5 Å². The fourth-order valence-electron chi connectivity index (χ4n) is 2.90. The lowest BCUT2D eigenvalue weighted by molar-refractivity contribution is -0.114. The third kappa shape index (κ3) is 4.57. The maximum Gasteiger partial charge on any atom is 0.257 e. The number of rotatable bonds is 5. The van der Waals surface area contributed by atoms with Gasteiger partial charge >= 0.3 is 0 Å². The van der Waals surface area contributed by atoms with Gasteiger partial charge in [-0.1, -0.05) is 30.3 Å². The van der Waals surface area contributed by atoms with Crippen LogP contribution in [0.25, 0.3) is 0 Å². The summed E-state index contributed by atoms with van der Waals surface area (Å²) in [5, 5.41) is 8.97. The summed E-state index contributed by atoms with van der Waals surface area (Å²) in [6, 6.07) is 20.5. The largest absolute Gasteiger partial charge is 0.355 e. The van der Waals surface area contributed by atoms with Gasteiger partial charge in [0.15, 0.2) is 0 Å². The van der Waals surface area contributed by atoms with E-state index in [1.54, 1.807) is 30.3 Å². The molecule has 0 saturated carbocycles. The number of nitrogens with one attached hydrogen (secondary N) is 3. The van der Waals surface area contributed by atoms with Crippen LogP contribution in [-0.2, 0) is 4.79 Å². The molecule has 0 bridgehead atoms. The molecule has 0 aliphatic carbocycles. The van der Waals surface area contributed by atoms with E-state index in [0.717, 1.165) is 16.9 Å². The van der Waals surface area contributed by atoms with Gasteiger partial charge in [0.2, 0.25) is 5.91 Å². The summed E-state index contributed by atoms with van der Waals surface area (Å²) < 4.78 is 0. The minimum absolute atomic E-state index is 0.161. The average molecular weight is 373 g/mol. The lowest BCUT2D eigenvalue weighted by Crippen LogP contribution is -2.14. The summed E-state index contributed by atoms with van der Waals surface area (Å²) >= 11 is 0. The first-order valence-corrected chi connectivity index (χ1v) is 9.05. The first-order chi connectivity index (χ1) is 13.4. The number of para-hydroxylation sites is 1. The lowest BCUT2D eigenvalue weighted by atomic mass is 10.1. The molecule has 0 fully saturated rings. The van der Waals surface area contributed by atoms with Crippen molar-refractivity contribution < 1.29 is 9.59 Å². The summed E-state index contributed by atoms with van der Waals surface area (Å²) in [4.78, 5) is 24.1. The molecule has 0 aliphatic rings. The molecule has 3 aromatic carbocycles. The molecule has 0 unspecified atom stereocenters. The Morgan fingerprint density at radius 2 is 1.39 bits per heavy atom. The van der Waals surface area contributed by atoms with Crippen LogP contribution in [0, 0.1) is 13.8 Å². The van der Waals surface area contributed by atoms with Crippen molar-refractivity contribution in [2.75, 3.05) is 16.0 Å². The van der Waals surface area contributed by atoms with Crippen molar-refractivity contribution in [2.24, 2.45) is 0 Å². The molecule has 0 heterocycles. The molecule has 3 aromatic rings. The van der Waals surface area contributed by atoms with Crippen molar-refractivity contribution in [3.63, 3.8) is 0 Å². The number of amides is 2. The van der Waals surface area contributed by atoms with Gasteiger partial charge in [0.1, 0.15) is 0 Å². The molecule has 0 aromatic heterocycles. The average Bonchev–Trinajstić information content (AvgIpc) is 2.65. The number of hydrogen-bond donors (Lipinski definition) is 3. The Kier molecular flexibility index (Phi) is 5.75. The number of hydrogen-bond acceptors (Lipinski definition) is 3. The topological polar surface area (TPSA) is 70.2 Å². The van der Waals surface area contributed by atoms with E-state index in [1.807, 2.05) is 37.3 Å². The molecule has 3 N–H and O–H groups in total. The van der Waals surface area contributed by atoms with Crippen LogP contribution in [0.5, 0.6) is 0 Å². The highest BCUT2D eigenvalue weighted by Gasteiger charge is 2.13. The summed E-state index contributed by atoms with van der Waals surface area (Å²) in [7, 11) is 0. The highest BCUT2D eigenvalue weighted by atomic mass is 16.2. The first kappa shape index (κ1) is 19.2. The highest BCUT2D eigenvalue weighted by Crippen LogP contribution is 2.26. The molecule has 0 spiro atoms. The van der Waals surface area contributed by atoms with E-state index in [-0.39, 0.29) is 11.8 Å². The van der Waals surface area contributed by atoms with Crippen molar-refractivity contribution >= 4 is 34.6 Å². The smallest absolute Gasteiger partial charge is 0.257 e. The Bertz CT molecular complexity index is 1030. The van der Waals surface area contributed by atoms with Crippen molar-refractivity contribution in [1.82, 2.24) is 0 Å². The number of carbonyl (C=O) groups is 2. The molecular formula is C23H23N3O2. The molecule has 0 saturated heterocycles. The van der Waals surface area contributed by atoms with Crippen LogP contribution in [0.1, 0.15) is 28.4 Å². The minimum atomic E-state index is -0.228. The fourth-order valence-corrected chi connectivity index (χ4v) is 2.90. The second kappa shape index (κ2) is 8.39. The number of carbonyl (C=O) groups excluding carboxylic acids is 2. The van der Waals surface area contributed by atoms with E-state index in [2.05, 4.69) is 28.9 Å². The molecule has 3 rings (SSSR count). The van der Waals surface area contributed by atoms with Gasteiger partial charge < -0.3 is 16.0 Å². The van der Waals surface area contributed by atoms with Gasteiger partial charge in [-0.05, 0) is 61.4 Å². The van der Waals surface area contributed by atoms with Gasteiger partial charge in [-0.15, -0.1) is 0 Å². The number of benzene rings is 3. The molecule has 2 amide bonds. The Morgan fingerprint density at radius 3 is 2.14 bits per heavy atom. The molecule has 0 radical (unpaired) electrons. The molecule has 142 valence electrons. The van der Waals surface area contributed by atoms with Gasteiger partial charge in [0.25, 0.3) is 5.91 Å². The Labute approximate surface area is 164 Å². The molecule has 0 aliphatic heterocycles. The highest BCUT2D eigenvalue weighted by molar-refractivity contribution is 6.08. The van der Waals surface area contributed by atoms with E-state index in [4.69, 9.17) is 0 Å². The van der Waals surface area contributed by atoms with Crippen molar-refractivity contribution in [2.45, 2.75) is 20.8 Å². The zero-order valence-corrected chi connectivity index (χ0v) is 16.2. The zero-order chi connectivity index (χ0) is 20.1. The minimum Gasteiger partial charge on any atom is -0.355 e. The van der Waals surface area contributed by atoms with Crippen LogP contribution < -0.4 is 16.0 Å². The van der Waals surface area contributed by atoms with Gasteiger partial charge in [0.05, 0.1) is 11.3 Å². The Hall–Kier alpha value is -3.60. The molecule has 28 heavy (non-hydrogen) atoms. The van der Waals surface area contributed by atoms with Crippen molar-refractivity contribution in [3.05, 3.63) is 83.4 Å². The third-order valence-corrected chi connectivity index (χ3v) is 4.49. The second-order valence-corrected chi connectivity index (χ2v) is 6.63. The summed E-state index contributed by atoms with van der Waals surface area (Å²) in [6.07, 6.45) is 0. The Balaban J connectivity index is 1.83. The van der Waals surface area contributed by atoms with Crippen molar-refractivity contribution in [3.8, 4) is 0 Å². The van der Waals surface area contributed by atoms with Crippen LogP contribution in [0.4, 0.5) is 22.7 Å². The fraction of sp³-hybridized carbons (Fsp3) is 0.130. The third-order valence-electron chi connectivity index (χ3n) is 4.49. The molecule has 5 heteroatoms. The van der Waals surface area contributed by atoms with Gasteiger partial charge in [0, 0.05) is 24.0 Å². The van der Waals surface area contributed by atoms with Crippen LogP contribution in [0.2, 0.25) is 0 Å². The predicted molar refractivity (Wildman–Crippen MR) is 114 cm³/mol. The van der Waals surface area contributed by atoms with E-state index < -0.39 is 0 Å².